The summed E-state index contributed by atoms with van der Waals surface area (Å²) in [4.78, 5) is 25.0. The summed E-state index contributed by atoms with van der Waals surface area (Å²) in [6, 6.07) is 26.1. The van der Waals surface area contributed by atoms with Crippen molar-refractivity contribution in [3.63, 3.8) is 0 Å². The molecule has 0 saturated heterocycles. The Morgan fingerprint density at radius 1 is 0.818 bits per heavy atom. The van der Waals surface area contributed by atoms with Crippen LogP contribution in [-0.4, -0.2) is 21.6 Å². The molecule has 164 valence electrons. The summed E-state index contributed by atoms with van der Waals surface area (Å²) in [6.07, 6.45) is 3.23. The second kappa shape index (κ2) is 9.78. The zero-order valence-corrected chi connectivity index (χ0v) is 18.4. The molecule has 6 nitrogen and oxygen atoms in total. The summed E-state index contributed by atoms with van der Waals surface area (Å²) in [5.74, 6) is -0.480. The van der Waals surface area contributed by atoms with Crippen molar-refractivity contribution in [3.8, 4) is 5.69 Å². The van der Waals surface area contributed by atoms with E-state index in [1.807, 2.05) is 79.2 Å². The number of amides is 2. The molecule has 0 spiro atoms. The van der Waals surface area contributed by atoms with E-state index < -0.39 is 0 Å². The topological polar surface area (TPSA) is 76.0 Å². The molecular weight excluding hydrogens is 412 g/mol. The first-order valence-corrected chi connectivity index (χ1v) is 10.6. The second-order valence-corrected chi connectivity index (χ2v) is 7.56. The number of benzene rings is 3. The van der Waals surface area contributed by atoms with Crippen molar-refractivity contribution in [2.24, 2.45) is 0 Å². The van der Waals surface area contributed by atoms with Gasteiger partial charge in [-0.3, -0.25) is 9.59 Å². The van der Waals surface area contributed by atoms with Gasteiger partial charge in [0, 0.05) is 17.3 Å². The molecule has 0 unspecified atom stereocenters. The van der Waals surface area contributed by atoms with Gasteiger partial charge in [0.05, 0.1) is 22.8 Å². The molecule has 3 aromatic carbocycles. The molecule has 4 aromatic rings. The van der Waals surface area contributed by atoms with Crippen LogP contribution in [0.4, 0.5) is 11.4 Å². The number of hydrogen-bond donors (Lipinski definition) is 2. The van der Waals surface area contributed by atoms with Crippen LogP contribution in [0, 0.1) is 13.8 Å². The SMILES string of the molecule is Cc1nn(-c2ccccc2)c(C)c1NC(=O)c1ccc(NC(=O)/C=C/c2ccccc2)cc1. The molecule has 6 heteroatoms. The number of carbonyl (C=O) groups is 2. The van der Waals surface area contributed by atoms with Crippen LogP contribution < -0.4 is 10.6 Å². The van der Waals surface area contributed by atoms with E-state index in [0.717, 1.165) is 22.6 Å². The lowest BCUT2D eigenvalue weighted by atomic mass is 10.1. The molecular formula is C27H24N4O2. The molecule has 2 N–H and O–H groups in total. The number of aryl methyl sites for hydroxylation is 1. The van der Waals surface area contributed by atoms with Gasteiger partial charge in [-0.15, -0.1) is 0 Å². The maximum Gasteiger partial charge on any atom is 0.255 e. The normalized spacial score (nSPS) is 10.8. The van der Waals surface area contributed by atoms with Gasteiger partial charge >= 0.3 is 0 Å². The first kappa shape index (κ1) is 21.8. The smallest absolute Gasteiger partial charge is 0.255 e. The Bertz CT molecular complexity index is 1290. The minimum absolute atomic E-state index is 0.240. The second-order valence-electron chi connectivity index (χ2n) is 7.56. The highest BCUT2D eigenvalue weighted by molar-refractivity contribution is 6.06. The minimum Gasteiger partial charge on any atom is -0.323 e. The quantitative estimate of drug-likeness (QED) is 0.398. The molecule has 1 aromatic heterocycles. The van der Waals surface area contributed by atoms with E-state index in [1.54, 1.807) is 30.3 Å². The third-order valence-electron chi connectivity index (χ3n) is 5.17. The molecule has 33 heavy (non-hydrogen) atoms. The summed E-state index contributed by atoms with van der Waals surface area (Å²) in [6.45, 7) is 3.79. The maximum atomic E-state index is 12.8. The summed E-state index contributed by atoms with van der Waals surface area (Å²) in [5, 5.41) is 10.3. The molecule has 0 aliphatic heterocycles. The average Bonchev–Trinajstić information content (AvgIpc) is 3.12. The number of anilines is 2. The van der Waals surface area contributed by atoms with Gasteiger partial charge < -0.3 is 10.6 Å². The molecule has 0 fully saturated rings. The lowest BCUT2D eigenvalue weighted by Gasteiger charge is -2.08. The molecule has 0 atom stereocenters. The van der Waals surface area contributed by atoms with E-state index in [4.69, 9.17) is 0 Å². The summed E-state index contributed by atoms with van der Waals surface area (Å²) < 4.78 is 1.81. The molecule has 2 amide bonds. The highest BCUT2D eigenvalue weighted by Gasteiger charge is 2.16. The largest absolute Gasteiger partial charge is 0.323 e. The Kier molecular flexibility index (Phi) is 6.45. The monoisotopic (exact) mass is 436 g/mol. The fourth-order valence-corrected chi connectivity index (χ4v) is 3.45. The van der Waals surface area contributed by atoms with Gasteiger partial charge in [-0.1, -0.05) is 48.5 Å². The maximum absolute atomic E-state index is 12.8. The van der Waals surface area contributed by atoms with Crippen LogP contribution >= 0.6 is 0 Å². The Balaban J connectivity index is 1.41. The van der Waals surface area contributed by atoms with Gasteiger partial charge in [0.2, 0.25) is 5.91 Å². The lowest BCUT2D eigenvalue weighted by Crippen LogP contribution is -2.13. The molecule has 0 radical (unpaired) electrons. The third kappa shape index (κ3) is 5.25. The fraction of sp³-hybridized carbons (Fsp3) is 0.0741. The molecule has 0 aliphatic carbocycles. The Labute approximate surface area is 192 Å². The van der Waals surface area contributed by atoms with E-state index in [9.17, 15) is 9.59 Å². The van der Waals surface area contributed by atoms with Gasteiger partial charge in [0.25, 0.3) is 5.91 Å². The van der Waals surface area contributed by atoms with Crippen LogP contribution in [0.5, 0.6) is 0 Å². The third-order valence-corrected chi connectivity index (χ3v) is 5.17. The van der Waals surface area contributed by atoms with Crippen LogP contribution in [0.1, 0.15) is 27.3 Å². The number of nitrogens with zero attached hydrogens (tertiary/aromatic N) is 2. The van der Waals surface area contributed by atoms with Gasteiger partial charge in [-0.25, -0.2) is 4.68 Å². The minimum atomic E-state index is -0.240. The first-order chi connectivity index (χ1) is 16.0. The van der Waals surface area contributed by atoms with Crippen molar-refractivity contribution in [2.45, 2.75) is 13.8 Å². The standard InChI is InChI=1S/C27H24N4O2/c1-19-26(20(2)31(30-19)24-11-7-4-8-12-24)29-27(33)22-14-16-23(17-15-22)28-25(32)18-13-21-9-5-3-6-10-21/h3-18H,1-2H3,(H,28,32)(H,29,33)/b18-13+. The van der Waals surface area contributed by atoms with Crippen LogP contribution in [0.2, 0.25) is 0 Å². The van der Waals surface area contributed by atoms with Crippen LogP contribution in [0.25, 0.3) is 11.8 Å². The van der Waals surface area contributed by atoms with Gasteiger partial charge in [-0.05, 0) is 61.9 Å². The van der Waals surface area contributed by atoms with E-state index in [-0.39, 0.29) is 11.8 Å². The summed E-state index contributed by atoms with van der Waals surface area (Å²) in [5.41, 5.74) is 5.24. The zero-order valence-electron chi connectivity index (χ0n) is 18.4. The van der Waals surface area contributed by atoms with Crippen molar-refractivity contribution in [1.29, 1.82) is 0 Å². The van der Waals surface area contributed by atoms with Crippen molar-refractivity contribution in [1.82, 2.24) is 9.78 Å². The van der Waals surface area contributed by atoms with Crippen molar-refractivity contribution in [2.75, 3.05) is 10.6 Å². The molecule has 0 saturated carbocycles. The van der Waals surface area contributed by atoms with E-state index in [1.165, 1.54) is 6.08 Å². The lowest BCUT2D eigenvalue weighted by molar-refractivity contribution is -0.111. The summed E-state index contributed by atoms with van der Waals surface area (Å²) >= 11 is 0. The number of rotatable bonds is 6. The molecule has 4 rings (SSSR count). The highest BCUT2D eigenvalue weighted by Crippen LogP contribution is 2.23. The van der Waals surface area contributed by atoms with Gasteiger partial charge in [0.1, 0.15) is 0 Å². The van der Waals surface area contributed by atoms with Crippen molar-refractivity contribution >= 4 is 29.3 Å². The molecule has 1 heterocycles. The summed E-state index contributed by atoms with van der Waals surface area (Å²) in [7, 11) is 0. The van der Waals surface area contributed by atoms with E-state index >= 15 is 0 Å². The van der Waals surface area contributed by atoms with Gasteiger partial charge in [-0.2, -0.15) is 5.10 Å². The van der Waals surface area contributed by atoms with Crippen molar-refractivity contribution in [3.05, 3.63) is 114 Å². The number of carbonyl (C=O) groups excluding carboxylic acids is 2. The Morgan fingerprint density at radius 2 is 1.45 bits per heavy atom. The number of hydrogen-bond acceptors (Lipinski definition) is 3. The van der Waals surface area contributed by atoms with Gasteiger partial charge in [0.15, 0.2) is 0 Å². The zero-order chi connectivity index (χ0) is 23.2. The fourth-order valence-electron chi connectivity index (χ4n) is 3.45. The number of para-hydroxylation sites is 1. The first-order valence-electron chi connectivity index (χ1n) is 10.6. The number of aromatic nitrogens is 2. The van der Waals surface area contributed by atoms with Crippen LogP contribution in [0.3, 0.4) is 0 Å². The van der Waals surface area contributed by atoms with Crippen LogP contribution in [-0.2, 0) is 4.79 Å². The Hall–Kier alpha value is -4.45. The van der Waals surface area contributed by atoms with Crippen molar-refractivity contribution < 1.29 is 9.59 Å². The number of nitrogens with one attached hydrogen (secondary N) is 2. The molecule has 0 bridgehead atoms. The Morgan fingerprint density at radius 3 is 2.12 bits per heavy atom. The highest BCUT2D eigenvalue weighted by atomic mass is 16.2. The average molecular weight is 437 g/mol. The molecule has 0 aliphatic rings. The van der Waals surface area contributed by atoms with E-state index in [0.29, 0.717) is 16.9 Å². The van der Waals surface area contributed by atoms with Crippen LogP contribution in [0.15, 0.2) is 91.0 Å². The predicted octanol–water partition coefficient (Wildman–Crippen LogP) is 5.39. The predicted molar refractivity (Wildman–Crippen MR) is 132 cm³/mol. The van der Waals surface area contributed by atoms with E-state index in [2.05, 4.69) is 15.7 Å².